The van der Waals surface area contributed by atoms with E-state index in [0.717, 1.165) is 48.2 Å². The van der Waals surface area contributed by atoms with E-state index in [1.165, 1.54) is 13.8 Å². The third-order valence-electron chi connectivity index (χ3n) is 11.9. The number of rotatable bonds is 32. The lowest BCUT2D eigenvalue weighted by molar-refractivity contribution is -0.337. The molecule has 0 radical (unpaired) electrons. The maximum atomic E-state index is 12.8. The minimum Gasteiger partial charge on any atom is -0.386 e. The van der Waals surface area contributed by atoms with Gasteiger partial charge in [-0.1, -0.05) is 81.1 Å². The number of nitrogens with zero attached hydrogens (tertiary/aromatic N) is 4. The summed E-state index contributed by atoms with van der Waals surface area (Å²) in [6.45, 7) is 2.43. The van der Waals surface area contributed by atoms with Gasteiger partial charge in [0.05, 0.1) is 25.6 Å². The van der Waals surface area contributed by atoms with E-state index in [9.17, 15) is 63.1 Å². The number of carbonyl (C=O) groups excluding carboxylic acids is 3. The van der Waals surface area contributed by atoms with E-state index in [0.29, 0.717) is 19.3 Å². The number of hydrogen-bond acceptors (Lipinski definition) is 22. The van der Waals surface area contributed by atoms with Crippen LogP contribution in [-0.2, 0) is 65.4 Å². The average Bonchev–Trinajstić information content (AvgIpc) is 4.14. The maximum absolute atomic E-state index is 12.8. The van der Waals surface area contributed by atoms with Gasteiger partial charge in [0.1, 0.15) is 48.5 Å². The number of ether oxygens (including phenoxy) is 1. The zero-order valence-corrected chi connectivity index (χ0v) is 44.7. The molecule has 5 rings (SSSR count). The second kappa shape index (κ2) is 28.8. The summed E-state index contributed by atoms with van der Waals surface area (Å²) in [7, 11) is -16.5. The molecule has 2 saturated heterocycles. The third-order valence-corrected chi connectivity index (χ3v) is 16.0. The summed E-state index contributed by atoms with van der Waals surface area (Å²) in [4.78, 5) is 105. The number of phosphoric acid groups is 3. The Morgan fingerprint density at radius 1 is 0.960 bits per heavy atom. The first-order chi connectivity index (χ1) is 35.4. The highest BCUT2D eigenvalue weighted by Gasteiger charge is 2.51. The van der Waals surface area contributed by atoms with Crippen molar-refractivity contribution in [2.24, 2.45) is 17.3 Å². The molecule has 3 fully saturated rings. The zero-order chi connectivity index (χ0) is 55.0. The van der Waals surface area contributed by atoms with Crippen LogP contribution in [0.3, 0.4) is 0 Å². The molecule has 2 aromatic rings. The standard InChI is InChI=1S/C43H66N7O21P3S/c1-4-5-6-7-8-9-10-11-12-13-27(67-56)14-15-28-29(31-22-30(28)68-69-31)16-17-34(52)75-21-20-45-33(51)18-19-46-41(55)38(54)43(2,3)24-65-74(62,63)71-73(60,61)64-23-32-37(70-72(57,58)59)36(53)42(66-32)50-26-49-35-39(44)47-25-48-40(35)50/h5-6,8-9,11-12,14-15,25-32,36-38,42,53-54,56H,4,7,10,13,16-24H2,1-3H3,(H,45,51)(H,46,55)(H,60,61)(H,62,63)(H2,44,47,48)(H2,57,58,59)/b6-5+,9-8+,12-11+,15-14+. The predicted octanol–water partition coefficient (Wildman–Crippen LogP) is 3.44. The number of hydrogen-bond donors (Lipinski definition) is 10. The van der Waals surface area contributed by atoms with Crippen LogP contribution in [-0.4, -0.2) is 146 Å². The lowest BCUT2D eigenvalue weighted by Gasteiger charge is -2.30. The fraction of sp³-hybridized carbons (Fsp3) is 0.628. The Morgan fingerprint density at radius 2 is 1.65 bits per heavy atom. The van der Waals surface area contributed by atoms with E-state index >= 15 is 0 Å². The van der Waals surface area contributed by atoms with E-state index in [1.54, 1.807) is 6.08 Å². The lowest BCUT2D eigenvalue weighted by Crippen LogP contribution is -2.46. The van der Waals surface area contributed by atoms with Crippen molar-refractivity contribution in [3.8, 4) is 0 Å². The molecule has 1 aliphatic carbocycles. The van der Waals surface area contributed by atoms with E-state index in [-0.39, 0.29) is 77.8 Å². The van der Waals surface area contributed by atoms with Crippen LogP contribution in [0.25, 0.3) is 11.2 Å². The van der Waals surface area contributed by atoms with Crippen LogP contribution in [0, 0.1) is 17.3 Å². The second-order valence-corrected chi connectivity index (χ2v) is 23.5. The van der Waals surface area contributed by atoms with E-state index in [4.69, 9.17) is 29.3 Å². The van der Waals surface area contributed by atoms with Crippen molar-refractivity contribution < 1.29 is 100 Å². The fourth-order valence-electron chi connectivity index (χ4n) is 8.09. The molecule has 1 saturated carbocycles. The summed E-state index contributed by atoms with van der Waals surface area (Å²) in [5.74, 6) is -1.26. The molecule has 12 atom stereocenters. The van der Waals surface area contributed by atoms with Crippen molar-refractivity contribution in [2.75, 3.05) is 37.8 Å². The van der Waals surface area contributed by atoms with Crippen molar-refractivity contribution in [2.45, 2.75) is 121 Å². The molecule has 3 aliphatic rings. The van der Waals surface area contributed by atoms with Crippen LogP contribution in [0.15, 0.2) is 61.3 Å². The molecular formula is C43H66N7O21P3S. The summed E-state index contributed by atoms with van der Waals surface area (Å²) < 4.78 is 62.6. The van der Waals surface area contributed by atoms with Crippen LogP contribution in [0.4, 0.5) is 5.82 Å². The van der Waals surface area contributed by atoms with Crippen LogP contribution in [0.1, 0.15) is 78.4 Å². The van der Waals surface area contributed by atoms with Crippen molar-refractivity contribution in [1.82, 2.24) is 30.2 Å². The molecule has 28 nitrogen and oxygen atoms in total. The van der Waals surface area contributed by atoms with Crippen LogP contribution >= 0.6 is 35.2 Å². The van der Waals surface area contributed by atoms with Gasteiger partial charge in [-0.25, -0.2) is 43.3 Å². The number of phosphoric ester groups is 3. The topological polar surface area (TPSA) is 412 Å². The van der Waals surface area contributed by atoms with Gasteiger partial charge in [0.15, 0.2) is 22.8 Å². The molecule has 4 heterocycles. The Bertz CT molecular complexity index is 2490. The van der Waals surface area contributed by atoms with Crippen molar-refractivity contribution in [3.05, 3.63) is 61.3 Å². The smallest absolute Gasteiger partial charge is 0.386 e. The van der Waals surface area contributed by atoms with Gasteiger partial charge in [-0.3, -0.25) is 37.8 Å². The third kappa shape index (κ3) is 19.3. The van der Waals surface area contributed by atoms with Gasteiger partial charge in [0.25, 0.3) is 0 Å². The molecule has 2 amide bonds. The molecule has 12 unspecified atom stereocenters. The Labute approximate surface area is 435 Å². The number of nitrogen functional groups attached to an aromatic ring is 1. The highest BCUT2D eigenvalue weighted by atomic mass is 32.2. The molecule has 0 spiro atoms. The van der Waals surface area contributed by atoms with Gasteiger partial charge in [-0.2, -0.15) is 4.31 Å². The molecule has 75 heavy (non-hydrogen) atoms. The molecule has 2 aliphatic heterocycles. The van der Waals surface area contributed by atoms with Gasteiger partial charge in [0, 0.05) is 49.4 Å². The van der Waals surface area contributed by atoms with E-state index in [1.807, 2.05) is 18.2 Å². The number of nitrogens with one attached hydrogen (secondary N) is 2. The van der Waals surface area contributed by atoms with Crippen LogP contribution in [0.5, 0.6) is 0 Å². The number of imidazole rings is 1. The number of anilines is 1. The first-order valence-electron chi connectivity index (χ1n) is 23.7. The maximum Gasteiger partial charge on any atom is 0.481 e. The molecule has 11 N–H and O–H groups in total. The van der Waals surface area contributed by atoms with Gasteiger partial charge >= 0.3 is 23.5 Å². The zero-order valence-electron chi connectivity index (χ0n) is 41.2. The molecule has 0 aromatic carbocycles. The molecule has 32 heteroatoms. The minimum atomic E-state index is -5.60. The number of aromatic nitrogens is 4. The number of fused-ring (bicyclic) bond motifs is 3. The van der Waals surface area contributed by atoms with Gasteiger partial charge in [0.2, 0.25) is 11.8 Å². The summed E-state index contributed by atoms with van der Waals surface area (Å²) in [5.41, 5.74) is 4.23. The van der Waals surface area contributed by atoms with Crippen molar-refractivity contribution >= 4 is 69.1 Å². The molecule has 2 bridgehead atoms. The van der Waals surface area contributed by atoms with Gasteiger partial charge in [-0.15, -0.1) is 0 Å². The average molecular weight is 1140 g/mol. The van der Waals surface area contributed by atoms with E-state index in [2.05, 4.69) is 70.5 Å². The molecule has 420 valence electrons. The Kier molecular flexibility index (Phi) is 23.9. The summed E-state index contributed by atoms with van der Waals surface area (Å²) >= 11 is 1.06. The molecular weight excluding hydrogens is 1080 g/mol. The largest absolute Gasteiger partial charge is 0.481 e. The van der Waals surface area contributed by atoms with E-state index < -0.39 is 90.7 Å². The van der Waals surface area contributed by atoms with Crippen molar-refractivity contribution in [3.63, 3.8) is 0 Å². The Balaban J connectivity index is 0.971. The number of aliphatic hydroxyl groups excluding tert-OH is 2. The number of allylic oxidation sites excluding steroid dienone is 5. The number of carbonyl (C=O) groups is 3. The van der Waals surface area contributed by atoms with Gasteiger partial charge in [-0.05, 0) is 38.0 Å². The quantitative estimate of drug-likeness (QED) is 0.0165. The summed E-state index contributed by atoms with van der Waals surface area (Å²) in [6, 6.07) is 0. The monoisotopic (exact) mass is 1140 g/mol. The SMILES string of the molecule is CC/C=C/C/C=C/C/C=C/CC(/C=C/C1C2CC(OO2)C1CCC(=O)SCCNC(=O)CCNC(=O)C(O)C(C)(C)COP(=O)(O)OP(=O)(O)OCC1OC(n2cnc3c(N)ncnc32)C(O)C1OP(=O)(O)O)OO. The van der Waals surface area contributed by atoms with Gasteiger partial charge < -0.3 is 50.9 Å². The van der Waals surface area contributed by atoms with Crippen molar-refractivity contribution in [1.29, 1.82) is 0 Å². The second-order valence-electron chi connectivity index (χ2n) is 18.1. The first-order valence-corrected chi connectivity index (χ1v) is 29.2. The summed E-state index contributed by atoms with van der Waals surface area (Å²) in [5, 5.41) is 36.1. The minimum absolute atomic E-state index is 0.0149. The first kappa shape index (κ1) is 62.2. The molecule has 2 aromatic heterocycles. The Morgan fingerprint density at radius 3 is 2.36 bits per heavy atom. The highest BCUT2D eigenvalue weighted by molar-refractivity contribution is 8.13. The highest BCUT2D eigenvalue weighted by Crippen LogP contribution is 2.61. The number of thioether (sulfide) groups is 1. The number of nitrogens with two attached hydrogens (primary N) is 1. The van der Waals surface area contributed by atoms with Crippen LogP contribution < -0.4 is 16.4 Å². The lowest BCUT2D eigenvalue weighted by atomic mass is 9.87. The number of amides is 2. The number of aliphatic hydroxyl groups is 2. The Hall–Kier alpha value is -3.64. The van der Waals surface area contributed by atoms with Crippen LogP contribution in [0.2, 0.25) is 0 Å². The predicted molar refractivity (Wildman–Crippen MR) is 266 cm³/mol. The normalized spacial score (nSPS) is 25.7. The fourth-order valence-corrected chi connectivity index (χ4v) is 11.6. The summed E-state index contributed by atoms with van der Waals surface area (Å²) in [6.07, 6.45) is 12.8.